The Bertz CT molecular complexity index is 658. The molecule has 1 heterocycles. The molecule has 1 aromatic heterocycles. The molecular weight excluding hydrogens is 260 g/mol. The van der Waals surface area contributed by atoms with Gasteiger partial charge in [-0.2, -0.15) is 0 Å². The van der Waals surface area contributed by atoms with Crippen molar-refractivity contribution in [2.45, 2.75) is 6.54 Å². The van der Waals surface area contributed by atoms with Gasteiger partial charge in [0.1, 0.15) is 5.82 Å². The summed E-state index contributed by atoms with van der Waals surface area (Å²) in [6.07, 6.45) is 1.43. The molecule has 0 aliphatic carbocycles. The van der Waals surface area contributed by atoms with Gasteiger partial charge in [-0.15, -0.1) is 0 Å². The summed E-state index contributed by atoms with van der Waals surface area (Å²) in [5.41, 5.74) is 6.26. The number of aromatic nitrogens is 1. The zero-order valence-corrected chi connectivity index (χ0v) is 10.4. The van der Waals surface area contributed by atoms with E-state index < -0.39 is 4.92 Å². The molecule has 0 saturated carbocycles. The fourth-order valence-corrected chi connectivity index (χ4v) is 1.71. The number of amides is 1. The van der Waals surface area contributed by atoms with Crippen LogP contribution in [0, 0.1) is 10.1 Å². The number of hydrogen-bond donors (Lipinski definition) is 2. The number of nitro groups is 1. The van der Waals surface area contributed by atoms with Crippen molar-refractivity contribution in [1.82, 2.24) is 10.3 Å². The van der Waals surface area contributed by atoms with E-state index in [9.17, 15) is 14.9 Å². The first-order valence-electron chi connectivity index (χ1n) is 5.80. The molecule has 20 heavy (non-hydrogen) atoms. The minimum absolute atomic E-state index is 0.0259. The Morgan fingerprint density at radius 2 is 2.10 bits per heavy atom. The Kier molecular flexibility index (Phi) is 3.90. The van der Waals surface area contributed by atoms with Gasteiger partial charge in [-0.25, -0.2) is 4.98 Å². The van der Waals surface area contributed by atoms with Gasteiger partial charge in [-0.3, -0.25) is 14.9 Å². The molecule has 0 saturated heterocycles. The molecule has 0 bridgehead atoms. The number of pyridine rings is 1. The second-order valence-corrected chi connectivity index (χ2v) is 4.04. The molecule has 0 aliphatic heterocycles. The summed E-state index contributed by atoms with van der Waals surface area (Å²) in [6, 6.07) is 9.21. The number of anilines is 1. The third-order valence-electron chi connectivity index (χ3n) is 2.67. The van der Waals surface area contributed by atoms with Crippen molar-refractivity contribution in [3.8, 4) is 0 Å². The van der Waals surface area contributed by atoms with Crippen LogP contribution in [0.25, 0.3) is 0 Å². The summed E-state index contributed by atoms with van der Waals surface area (Å²) in [7, 11) is 0. The maximum absolute atomic E-state index is 11.9. The van der Waals surface area contributed by atoms with Crippen LogP contribution in [0.4, 0.5) is 11.5 Å². The van der Waals surface area contributed by atoms with Crippen molar-refractivity contribution in [1.29, 1.82) is 0 Å². The molecule has 0 radical (unpaired) electrons. The van der Waals surface area contributed by atoms with E-state index >= 15 is 0 Å². The smallest absolute Gasteiger partial charge is 0.274 e. The van der Waals surface area contributed by atoms with E-state index in [2.05, 4.69) is 10.3 Å². The molecule has 0 aliphatic rings. The van der Waals surface area contributed by atoms with E-state index in [-0.39, 0.29) is 24.0 Å². The van der Waals surface area contributed by atoms with Gasteiger partial charge in [0, 0.05) is 29.9 Å². The number of benzene rings is 1. The van der Waals surface area contributed by atoms with Crippen LogP contribution in [0.5, 0.6) is 0 Å². The van der Waals surface area contributed by atoms with Crippen molar-refractivity contribution >= 4 is 17.4 Å². The van der Waals surface area contributed by atoms with Crippen LogP contribution in [0.1, 0.15) is 15.9 Å². The Labute approximate surface area is 114 Å². The SMILES string of the molecule is Nc1cc(C(=O)NCc2ccccc2[N+](=O)[O-])ccn1. The average Bonchev–Trinajstić information content (AvgIpc) is 2.45. The van der Waals surface area contributed by atoms with Crippen LogP contribution in [0.3, 0.4) is 0 Å². The predicted octanol–water partition coefficient (Wildman–Crippen LogP) is 1.50. The highest BCUT2D eigenvalue weighted by Crippen LogP contribution is 2.17. The predicted molar refractivity (Wildman–Crippen MR) is 72.9 cm³/mol. The zero-order valence-electron chi connectivity index (χ0n) is 10.4. The molecule has 0 unspecified atom stereocenters. The number of nitro benzene ring substituents is 1. The van der Waals surface area contributed by atoms with Crippen molar-refractivity contribution in [2.75, 3.05) is 5.73 Å². The number of para-hydroxylation sites is 1. The van der Waals surface area contributed by atoms with Gasteiger partial charge in [0.05, 0.1) is 4.92 Å². The molecule has 7 nitrogen and oxygen atoms in total. The summed E-state index contributed by atoms with van der Waals surface area (Å²) in [4.78, 5) is 26.0. The molecule has 7 heteroatoms. The maximum atomic E-state index is 11.9. The largest absolute Gasteiger partial charge is 0.384 e. The lowest BCUT2D eigenvalue weighted by molar-refractivity contribution is -0.385. The van der Waals surface area contributed by atoms with E-state index in [1.165, 1.54) is 24.4 Å². The highest BCUT2D eigenvalue weighted by atomic mass is 16.6. The Hall–Kier alpha value is -2.96. The van der Waals surface area contributed by atoms with Crippen LogP contribution < -0.4 is 11.1 Å². The van der Waals surface area contributed by atoms with Gasteiger partial charge in [0.2, 0.25) is 0 Å². The lowest BCUT2D eigenvalue weighted by atomic mass is 10.1. The highest BCUT2D eigenvalue weighted by molar-refractivity contribution is 5.94. The molecule has 1 amide bonds. The molecule has 3 N–H and O–H groups in total. The standard InChI is InChI=1S/C13H12N4O3/c14-12-7-9(5-6-15-12)13(18)16-8-10-3-1-2-4-11(10)17(19)20/h1-7H,8H2,(H2,14,15)(H,16,18). The zero-order chi connectivity index (χ0) is 14.5. The van der Waals surface area contributed by atoms with E-state index in [1.54, 1.807) is 18.2 Å². The quantitative estimate of drug-likeness (QED) is 0.647. The molecule has 102 valence electrons. The number of nitrogens with zero attached hydrogens (tertiary/aromatic N) is 2. The van der Waals surface area contributed by atoms with E-state index in [4.69, 9.17) is 5.73 Å². The number of nitrogen functional groups attached to an aromatic ring is 1. The van der Waals surface area contributed by atoms with Crippen LogP contribution in [-0.2, 0) is 6.54 Å². The first-order valence-corrected chi connectivity index (χ1v) is 5.80. The third-order valence-corrected chi connectivity index (χ3v) is 2.67. The maximum Gasteiger partial charge on any atom is 0.274 e. The number of carbonyl (C=O) groups excluding carboxylic acids is 1. The van der Waals surface area contributed by atoms with Crippen molar-refractivity contribution < 1.29 is 9.72 Å². The second kappa shape index (κ2) is 5.79. The molecule has 1 aromatic carbocycles. The first kappa shape index (κ1) is 13.5. The lowest BCUT2D eigenvalue weighted by Crippen LogP contribution is -2.23. The molecule has 2 aromatic rings. The summed E-state index contributed by atoms with van der Waals surface area (Å²) in [6.45, 7) is 0.0677. The van der Waals surface area contributed by atoms with Crippen LogP contribution in [-0.4, -0.2) is 15.8 Å². The van der Waals surface area contributed by atoms with Crippen LogP contribution in [0.15, 0.2) is 42.6 Å². The highest BCUT2D eigenvalue weighted by Gasteiger charge is 2.13. The summed E-state index contributed by atoms with van der Waals surface area (Å²) >= 11 is 0. The monoisotopic (exact) mass is 272 g/mol. The Balaban J connectivity index is 2.09. The van der Waals surface area contributed by atoms with E-state index in [1.807, 2.05) is 0 Å². The first-order chi connectivity index (χ1) is 9.58. The van der Waals surface area contributed by atoms with Gasteiger partial charge in [-0.1, -0.05) is 18.2 Å². The van der Waals surface area contributed by atoms with Crippen LogP contribution in [0.2, 0.25) is 0 Å². The fourth-order valence-electron chi connectivity index (χ4n) is 1.71. The second-order valence-electron chi connectivity index (χ2n) is 4.04. The van der Waals surface area contributed by atoms with Gasteiger partial charge < -0.3 is 11.1 Å². The van der Waals surface area contributed by atoms with E-state index in [0.29, 0.717) is 11.1 Å². The van der Waals surface area contributed by atoms with E-state index in [0.717, 1.165) is 0 Å². The van der Waals surface area contributed by atoms with Gasteiger partial charge >= 0.3 is 0 Å². The van der Waals surface area contributed by atoms with Gasteiger partial charge in [0.25, 0.3) is 11.6 Å². The Morgan fingerprint density at radius 3 is 2.80 bits per heavy atom. The van der Waals surface area contributed by atoms with Crippen LogP contribution >= 0.6 is 0 Å². The van der Waals surface area contributed by atoms with Crippen molar-refractivity contribution in [2.24, 2.45) is 0 Å². The number of hydrogen-bond acceptors (Lipinski definition) is 5. The number of carbonyl (C=O) groups is 1. The average molecular weight is 272 g/mol. The molecule has 2 rings (SSSR count). The fraction of sp³-hybridized carbons (Fsp3) is 0.0769. The van der Waals surface area contributed by atoms with Gasteiger partial charge in [0.15, 0.2) is 0 Å². The number of nitrogens with two attached hydrogens (primary N) is 1. The minimum Gasteiger partial charge on any atom is -0.384 e. The molecular formula is C13H12N4O3. The Morgan fingerprint density at radius 1 is 1.35 bits per heavy atom. The third kappa shape index (κ3) is 3.08. The molecule has 0 spiro atoms. The summed E-state index contributed by atoms with van der Waals surface area (Å²) < 4.78 is 0. The summed E-state index contributed by atoms with van der Waals surface area (Å²) in [5.74, 6) is -0.124. The minimum atomic E-state index is -0.480. The molecule has 0 fully saturated rings. The number of rotatable bonds is 4. The number of nitrogens with one attached hydrogen (secondary N) is 1. The van der Waals surface area contributed by atoms with Crippen molar-refractivity contribution in [3.05, 3.63) is 63.8 Å². The molecule has 0 atom stereocenters. The normalized spacial score (nSPS) is 10.0. The van der Waals surface area contributed by atoms with Gasteiger partial charge in [-0.05, 0) is 12.1 Å². The van der Waals surface area contributed by atoms with Crippen molar-refractivity contribution in [3.63, 3.8) is 0 Å². The topological polar surface area (TPSA) is 111 Å². The summed E-state index contributed by atoms with van der Waals surface area (Å²) in [5, 5.41) is 13.5. The lowest BCUT2D eigenvalue weighted by Gasteiger charge is -2.06.